The van der Waals surface area contributed by atoms with E-state index in [2.05, 4.69) is 82.9 Å². The molecule has 0 amide bonds. The lowest BCUT2D eigenvalue weighted by Gasteiger charge is -2.42. The van der Waals surface area contributed by atoms with E-state index in [0.717, 1.165) is 0 Å². The van der Waals surface area contributed by atoms with Crippen LogP contribution in [0.25, 0.3) is 0 Å². The van der Waals surface area contributed by atoms with Crippen LogP contribution in [0, 0.1) is 16.2 Å². The van der Waals surface area contributed by atoms with Gasteiger partial charge in [-0.1, -0.05) is 65.8 Å². The first-order chi connectivity index (χ1) is 10.5. The summed E-state index contributed by atoms with van der Waals surface area (Å²) in [7, 11) is 1.78. The summed E-state index contributed by atoms with van der Waals surface area (Å²) in [6, 6.07) is 0.424. The van der Waals surface area contributed by atoms with E-state index in [4.69, 9.17) is 4.84 Å². The van der Waals surface area contributed by atoms with Gasteiger partial charge in [0.1, 0.15) is 7.11 Å². The summed E-state index contributed by atoms with van der Waals surface area (Å²) in [5.74, 6) is 0. The van der Waals surface area contributed by atoms with E-state index in [1.165, 1.54) is 24.8 Å². The minimum Gasteiger partial charge on any atom is -0.280 e. The van der Waals surface area contributed by atoms with Crippen LogP contribution in [0.5, 0.6) is 0 Å². The highest BCUT2D eigenvalue weighted by Gasteiger charge is 2.44. The summed E-state index contributed by atoms with van der Waals surface area (Å²) in [4.78, 5) is 5.75. The van der Waals surface area contributed by atoms with Crippen LogP contribution in [0.3, 0.4) is 0 Å². The summed E-state index contributed by atoms with van der Waals surface area (Å²) in [6.45, 7) is 14.0. The third-order valence-corrected chi connectivity index (χ3v) is 4.90. The maximum absolute atomic E-state index is 5.75. The molecule has 0 aliphatic heterocycles. The third-order valence-electron chi connectivity index (χ3n) is 4.90. The van der Waals surface area contributed by atoms with Gasteiger partial charge < -0.3 is 0 Å². The molecule has 2 heteroatoms. The Morgan fingerprint density at radius 1 is 1.04 bits per heavy atom. The number of hydrogen-bond acceptors (Lipinski definition) is 1. The van der Waals surface area contributed by atoms with Gasteiger partial charge in [0, 0.05) is 23.8 Å². The van der Waals surface area contributed by atoms with Gasteiger partial charge >= 0.3 is 0 Å². The first-order valence-corrected chi connectivity index (χ1v) is 8.78. The zero-order chi connectivity index (χ0) is 17.3. The van der Waals surface area contributed by atoms with Gasteiger partial charge in [0.25, 0.3) is 0 Å². The van der Waals surface area contributed by atoms with Crippen molar-refractivity contribution in [2.45, 2.75) is 66.8 Å². The Kier molecular flexibility index (Phi) is 4.94. The molecule has 1 saturated carbocycles. The molecular weight excluding hydrogens is 282 g/mol. The van der Waals surface area contributed by atoms with Gasteiger partial charge in [0.2, 0.25) is 12.3 Å². The number of nitrogens with zero attached hydrogens (tertiary/aromatic N) is 1. The van der Waals surface area contributed by atoms with Crippen molar-refractivity contribution in [2.75, 3.05) is 7.11 Å². The van der Waals surface area contributed by atoms with Crippen LogP contribution in [-0.4, -0.2) is 24.1 Å². The maximum atomic E-state index is 5.75. The summed E-state index contributed by atoms with van der Waals surface area (Å²) in [6.07, 6.45) is 16.8. The highest BCUT2D eigenvalue weighted by atomic mass is 16.7. The second-order valence-electron chi connectivity index (χ2n) is 9.42. The molecule has 0 heterocycles. The van der Waals surface area contributed by atoms with Crippen LogP contribution in [-0.2, 0) is 4.84 Å². The van der Waals surface area contributed by atoms with Crippen LogP contribution in [0.15, 0.2) is 36.0 Å². The fourth-order valence-corrected chi connectivity index (χ4v) is 4.34. The van der Waals surface area contributed by atoms with Crippen molar-refractivity contribution in [1.82, 2.24) is 0 Å². The molecule has 1 fully saturated rings. The largest absolute Gasteiger partial charge is 0.280 e. The predicted molar refractivity (Wildman–Crippen MR) is 98.7 cm³/mol. The van der Waals surface area contributed by atoms with E-state index < -0.39 is 0 Å². The van der Waals surface area contributed by atoms with E-state index in [1.54, 1.807) is 7.11 Å². The smallest absolute Gasteiger partial charge is 0.223 e. The minimum absolute atomic E-state index is 0.110. The lowest BCUT2D eigenvalue weighted by atomic mass is 9.63. The molecule has 0 unspecified atom stereocenters. The van der Waals surface area contributed by atoms with E-state index in [9.17, 15) is 0 Å². The second-order valence-corrected chi connectivity index (χ2v) is 9.42. The topological polar surface area (TPSA) is 12.2 Å². The first-order valence-electron chi connectivity index (χ1n) is 8.78. The highest BCUT2D eigenvalue weighted by Crippen LogP contribution is 2.46. The van der Waals surface area contributed by atoms with Crippen molar-refractivity contribution in [3.05, 3.63) is 36.0 Å². The van der Waals surface area contributed by atoms with Gasteiger partial charge in [-0.3, -0.25) is 4.84 Å². The fourth-order valence-electron chi connectivity index (χ4n) is 4.34. The van der Waals surface area contributed by atoms with Gasteiger partial charge in [-0.2, -0.15) is 0 Å². The van der Waals surface area contributed by atoms with Crippen molar-refractivity contribution in [3.8, 4) is 0 Å². The van der Waals surface area contributed by atoms with Crippen LogP contribution in [0.2, 0.25) is 0 Å². The van der Waals surface area contributed by atoms with Gasteiger partial charge in [-0.05, 0) is 28.1 Å². The number of hydrogen-bond donors (Lipinski definition) is 0. The summed E-state index contributed by atoms with van der Waals surface area (Å²) >= 11 is 0. The Labute approximate surface area is 142 Å². The average Bonchev–Trinajstić information content (AvgIpc) is 2.53. The van der Waals surface area contributed by atoms with Gasteiger partial charge in [-0.25, -0.2) is 0 Å². The Morgan fingerprint density at radius 3 is 2.22 bits per heavy atom. The third kappa shape index (κ3) is 5.09. The van der Waals surface area contributed by atoms with Gasteiger partial charge in [0.15, 0.2) is 0 Å². The Balaban J connectivity index is 2.26. The van der Waals surface area contributed by atoms with Crippen molar-refractivity contribution in [2.24, 2.45) is 16.2 Å². The van der Waals surface area contributed by atoms with E-state index in [0.29, 0.717) is 16.9 Å². The SMILES string of the molecule is CO[N+](=CC1=CC=CC(C)(C)C=C1)C1CC(C)(C)CC(C)(C)C1. The molecule has 2 rings (SSSR count). The molecule has 23 heavy (non-hydrogen) atoms. The van der Waals surface area contributed by atoms with Crippen LogP contribution >= 0.6 is 0 Å². The summed E-state index contributed by atoms with van der Waals surface area (Å²) in [5.41, 5.74) is 2.01. The molecule has 2 nitrogen and oxygen atoms in total. The summed E-state index contributed by atoms with van der Waals surface area (Å²) < 4.78 is 2.07. The Hall–Kier alpha value is -1.31. The van der Waals surface area contributed by atoms with Gasteiger partial charge in [-0.15, -0.1) is 0 Å². The Morgan fingerprint density at radius 2 is 1.65 bits per heavy atom. The monoisotopic (exact) mass is 316 g/mol. The molecule has 0 bridgehead atoms. The predicted octanol–water partition coefficient (Wildman–Crippen LogP) is 5.31. The average molecular weight is 317 g/mol. The van der Waals surface area contributed by atoms with Crippen LogP contribution in [0.4, 0.5) is 0 Å². The fraction of sp³-hybridized carbons (Fsp3) is 0.667. The molecule has 0 atom stereocenters. The number of hydroxylamine groups is 1. The number of rotatable bonds is 3. The lowest BCUT2D eigenvalue weighted by Crippen LogP contribution is -2.42. The Bertz CT molecular complexity index is 542. The van der Waals surface area contributed by atoms with E-state index >= 15 is 0 Å². The molecule has 0 spiro atoms. The number of allylic oxidation sites excluding steroid dienone is 6. The molecular formula is C21H34NO+. The molecule has 0 aromatic rings. The van der Waals surface area contributed by atoms with Crippen molar-refractivity contribution in [3.63, 3.8) is 0 Å². The standard InChI is InChI=1S/C21H34NO/c1-19(2)11-8-9-17(10-12-19)15-22(23-7)18-13-20(3,4)16-21(5,6)14-18/h8-12,15,18H,13-14,16H2,1-7H3/q+1. The zero-order valence-electron chi connectivity index (χ0n) is 16.0. The second kappa shape index (κ2) is 6.30. The molecule has 0 N–H and O–H groups in total. The maximum Gasteiger partial charge on any atom is 0.223 e. The molecule has 0 saturated heterocycles. The molecule has 2 aliphatic carbocycles. The normalized spacial score (nSPS) is 26.6. The molecule has 0 aromatic heterocycles. The quantitative estimate of drug-likeness (QED) is 0.390. The van der Waals surface area contributed by atoms with Crippen molar-refractivity contribution >= 4 is 6.21 Å². The summed E-state index contributed by atoms with van der Waals surface area (Å²) in [5, 5.41) is 0. The highest BCUT2D eigenvalue weighted by molar-refractivity contribution is 5.79. The lowest BCUT2D eigenvalue weighted by molar-refractivity contribution is -0.804. The van der Waals surface area contributed by atoms with E-state index in [1.807, 2.05) is 0 Å². The van der Waals surface area contributed by atoms with Crippen LogP contribution < -0.4 is 0 Å². The zero-order valence-corrected chi connectivity index (χ0v) is 16.0. The molecule has 0 aromatic carbocycles. The van der Waals surface area contributed by atoms with Crippen LogP contribution in [0.1, 0.15) is 60.8 Å². The van der Waals surface area contributed by atoms with E-state index in [-0.39, 0.29) is 5.41 Å². The van der Waals surface area contributed by atoms with Gasteiger partial charge in [0.05, 0.1) is 0 Å². The molecule has 0 radical (unpaired) electrons. The van der Waals surface area contributed by atoms with Crippen molar-refractivity contribution < 1.29 is 9.58 Å². The molecule has 2 aliphatic rings. The molecule has 128 valence electrons. The van der Waals surface area contributed by atoms with Crippen molar-refractivity contribution in [1.29, 1.82) is 0 Å². The minimum atomic E-state index is 0.110. The first kappa shape index (κ1) is 18.0.